The Labute approximate surface area is 190 Å². The fourth-order valence-electron chi connectivity index (χ4n) is 4.90. The number of hydrogen-bond acceptors (Lipinski definition) is 4. The van der Waals surface area contributed by atoms with Gasteiger partial charge in [-0.2, -0.15) is 0 Å². The van der Waals surface area contributed by atoms with Crippen LogP contribution in [0.1, 0.15) is 37.0 Å². The molecule has 2 aromatic carbocycles. The van der Waals surface area contributed by atoms with E-state index in [4.69, 9.17) is 4.74 Å². The Morgan fingerprint density at radius 2 is 1.91 bits per heavy atom. The summed E-state index contributed by atoms with van der Waals surface area (Å²) < 4.78 is 5.86. The minimum absolute atomic E-state index is 0.0132. The highest BCUT2D eigenvalue weighted by Crippen LogP contribution is 2.23. The second-order valence-electron chi connectivity index (χ2n) is 9.51. The molecule has 4 rings (SSSR count). The number of morpholine rings is 1. The van der Waals surface area contributed by atoms with Crippen LogP contribution in [-0.4, -0.2) is 73.6 Å². The SMILES string of the molecule is CC(C)CN1CCOC(CNC(=O)C2CCCN(C(=O)c3cccc4ccccc34)C2)C1. The molecule has 2 fully saturated rings. The van der Waals surface area contributed by atoms with Gasteiger partial charge in [-0.3, -0.25) is 14.5 Å². The van der Waals surface area contributed by atoms with Crippen LogP contribution >= 0.6 is 0 Å². The zero-order chi connectivity index (χ0) is 22.5. The quantitative estimate of drug-likeness (QED) is 0.754. The van der Waals surface area contributed by atoms with E-state index in [-0.39, 0.29) is 23.8 Å². The van der Waals surface area contributed by atoms with Crippen LogP contribution in [0.5, 0.6) is 0 Å². The van der Waals surface area contributed by atoms with Crippen molar-refractivity contribution < 1.29 is 14.3 Å². The van der Waals surface area contributed by atoms with Crippen molar-refractivity contribution in [3.05, 3.63) is 48.0 Å². The highest BCUT2D eigenvalue weighted by molar-refractivity contribution is 6.07. The number of carbonyl (C=O) groups is 2. The third kappa shape index (κ3) is 5.48. The average Bonchev–Trinajstić information content (AvgIpc) is 2.81. The maximum atomic E-state index is 13.3. The number of amides is 2. The van der Waals surface area contributed by atoms with Gasteiger partial charge in [0.25, 0.3) is 5.91 Å². The lowest BCUT2D eigenvalue weighted by molar-refractivity contribution is -0.127. The van der Waals surface area contributed by atoms with Crippen molar-refractivity contribution in [3.8, 4) is 0 Å². The molecule has 2 heterocycles. The number of carbonyl (C=O) groups excluding carboxylic acids is 2. The molecule has 32 heavy (non-hydrogen) atoms. The van der Waals surface area contributed by atoms with Crippen molar-refractivity contribution in [1.82, 2.24) is 15.1 Å². The van der Waals surface area contributed by atoms with Crippen LogP contribution in [0.25, 0.3) is 10.8 Å². The standard InChI is InChI=1S/C26H35N3O3/c1-19(2)16-28-13-14-32-22(18-28)15-27-25(30)21-9-6-12-29(17-21)26(31)24-11-5-8-20-7-3-4-10-23(20)24/h3-5,7-8,10-11,19,21-22H,6,9,12-18H2,1-2H3,(H,27,30). The first-order valence-electron chi connectivity index (χ1n) is 11.9. The van der Waals surface area contributed by atoms with Crippen LogP contribution in [0.2, 0.25) is 0 Å². The van der Waals surface area contributed by atoms with E-state index in [0.717, 1.165) is 43.2 Å². The maximum absolute atomic E-state index is 13.3. The van der Waals surface area contributed by atoms with Crippen LogP contribution < -0.4 is 5.32 Å². The Morgan fingerprint density at radius 1 is 1.09 bits per heavy atom. The molecule has 172 valence electrons. The molecule has 6 heteroatoms. The summed E-state index contributed by atoms with van der Waals surface area (Å²) in [6.45, 7) is 9.72. The summed E-state index contributed by atoms with van der Waals surface area (Å²) >= 11 is 0. The van der Waals surface area contributed by atoms with E-state index in [9.17, 15) is 9.59 Å². The van der Waals surface area contributed by atoms with E-state index in [0.29, 0.717) is 37.7 Å². The van der Waals surface area contributed by atoms with E-state index in [1.54, 1.807) is 0 Å². The zero-order valence-corrected chi connectivity index (χ0v) is 19.3. The van der Waals surface area contributed by atoms with Gasteiger partial charge in [-0.1, -0.05) is 50.2 Å². The summed E-state index contributed by atoms with van der Waals surface area (Å²) in [7, 11) is 0. The van der Waals surface area contributed by atoms with Crippen molar-refractivity contribution in [2.75, 3.05) is 45.9 Å². The summed E-state index contributed by atoms with van der Waals surface area (Å²) in [5.74, 6) is 0.498. The first-order valence-corrected chi connectivity index (χ1v) is 11.9. The molecule has 2 amide bonds. The van der Waals surface area contributed by atoms with Crippen LogP contribution in [0.4, 0.5) is 0 Å². The van der Waals surface area contributed by atoms with Gasteiger partial charge in [0.2, 0.25) is 5.91 Å². The average molecular weight is 438 g/mol. The summed E-state index contributed by atoms with van der Waals surface area (Å²) in [5, 5.41) is 5.12. The molecular formula is C26H35N3O3. The highest BCUT2D eigenvalue weighted by Gasteiger charge is 2.30. The van der Waals surface area contributed by atoms with Gasteiger partial charge in [-0.15, -0.1) is 0 Å². The third-order valence-electron chi connectivity index (χ3n) is 6.45. The molecule has 2 aliphatic rings. The molecule has 2 saturated heterocycles. The summed E-state index contributed by atoms with van der Waals surface area (Å²) in [5.41, 5.74) is 0.713. The van der Waals surface area contributed by atoms with Gasteiger partial charge in [-0.05, 0) is 35.6 Å². The molecule has 1 N–H and O–H groups in total. The van der Waals surface area contributed by atoms with Gasteiger partial charge in [0.05, 0.1) is 18.6 Å². The molecule has 0 radical (unpaired) electrons. The van der Waals surface area contributed by atoms with Crippen molar-refractivity contribution in [1.29, 1.82) is 0 Å². The number of rotatable bonds is 6. The summed E-state index contributed by atoms with van der Waals surface area (Å²) in [6.07, 6.45) is 1.69. The van der Waals surface area contributed by atoms with E-state index in [1.165, 1.54) is 0 Å². The Hall–Kier alpha value is -2.44. The van der Waals surface area contributed by atoms with Gasteiger partial charge >= 0.3 is 0 Å². The monoisotopic (exact) mass is 437 g/mol. The molecule has 6 nitrogen and oxygen atoms in total. The minimum Gasteiger partial charge on any atom is -0.374 e. The smallest absolute Gasteiger partial charge is 0.254 e. The van der Waals surface area contributed by atoms with Gasteiger partial charge in [0.15, 0.2) is 0 Å². The number of likely N-dealkylation sites (tertiary alicyclic amines) is 1. The lowest BCUT2D eigenvalue weighted by Gasteiger charge is -2.35. The highest BCUT2D eigenvalue weighted by atomic mass is 16.5. The van der Waals surface area contributed by atoms with E-state index >= 15 is 0 Å². The minimum atomic E-state index is -0.168. The number of benzene rings is 2. The number of nitrogens with one attached hydrogen (secondary N) is 1. The van der Waals surface area contributed by atoms with Crippen LogP contribution in [0.15, 0.2) is 42.5 Å². The molecule has 2 atom stereocenters. The van der Waals surface area contributed by atoms with Crippen LogP contribution in [0.3, 0.4) is 0 Å². The molecular weight excluding hydrogens is 402 g/mol. The van der Waals surface area contributed by atoms with Crippen molar-refractivity contribution in [2.24, 2.45) is 11.8 Å². The Morgan fingerprint density at radius 3 is 2.75 bits per heavy atom. The number of ether oxygens (including phenoxy) is 1. The number of piperidine rings is 1. The molecule has 2 aliphatic heterocycles. The second kappa shape index (κ2) is 10.5. The Kier molecular flexibility index (Phi) is 7.43. The van der Waals surface area contributed by atoms with Crippen LogP contribution in [0, 0.1) is 11.8 Å². The Balaban J connectivity index is 1.33. The van der Waals surface area contributed by atoms with Gasteiger partial charge < -0.3 is 15.0 Å². The van der Waals surface area contributed by atoms with E-state index in [2.05, 4.69) is 24.1 Å². The molecule has 0 aliphatic carbocycles. The molecule has 2 aromatic rings. The van der Waals surface area contributed by atoms with Gasteiger partial charge in [0.1, 0.15) is 0 Å². The lowest BCUT2D eigenvalue weighted by Crippen LogP contribution is -2.50. The first-order chi connectivity index (χ1) is 15.5. The van der Waals surface area contributed by atoms with Crippen molar-refractivity contribution in [2.45, 2.75) is 32.8 Å². The van der Waals surface area contributed by atoms with Gasteiger partial charge in [0, 0.05) is 44.8 Å². The van der Waals surface area contributed by atoms with E-state index in [1.807, 2.05) is 47.4 Å². The number of fused-ring (bicyclic) bond motifs is 1. The lowest BCUT2D eigenvalue weighted by atomic mass is 9.95. The Bertz CT molecular complexity index is 940. The first kappa shape index (κ1) is 22.7. The summed E-state index contributed by atoms with van der Waals surface area (Å²) in [4.78, 5) is 30.4. The number of hydrogen-bond donors (Lipinski definition) is 1. The van der Waals surface area contributed by atoms with Gasteiger partial charge in [-0.25, -0.2) is 0 Å². The normalized spacial score (nSPS) is 22.3. The third-order valence-corrected chi connectivity index (χ3v) is 6.45. The predicted octanol–water partition coefficient (Wildman–Crippen LogP) is 3.17. The molecule has 0 bridgehead atoms. The number of nitrogens with zero attached hydrogens (tertiary/aromatic N) is 2. The fraction of sp³-hybridized carbons (Fsp3) is 0.538. The predicted molar refractivity (Wildman–Crippen MR) is 127 cm³/mol. The maximum Gasteiger partial charge on any atom is 0.254 e. The molecule has 0 spiro atoms. The van der Waals surface area contributed by atoms with Crippen molar-refractivity contribution in [3.63, 3.8) is 0 Å². The zero-order valence-electron chi connectivity index (χ0n) is 19.3. The van der Waals surface area contributed by atoms with Crippen molar-refractivity contribution >= 4 is 22.6 Å². The van der Waals surface area contributed by atoms with E-state index < -0.39 is 0 Å². The second-order valence-corrected chi connectivity index (χ2v) is 9.51. The van der Waals surface area contributed by atoms with Crippen LogP contribution in [-0.2, 0) is 9.53 Å². The molecule has 2 unspecified atom stereocenters. The summed E-state index contributed by atoms with van der Waals surface area (Å²) in [6, 6.07) is 13.8. The molecule has 0 saturated carbocycles. The topological polar surface area (TPSA) is 61.9 Å². The molecule has 0 aromatic heterocycles. The largest absolute Gasteiger partial charge is 0.374 e. The fourth-order valence-corrected chi connectivity index (χ4v) is 4.90.